The lowest BCUT2D eigenvalue weighted by molar-refractivity contribution is 0.323. The van der Waals surface area contributed by atoms with Gasteiger partial charge in [0.2, 0.25) is 15.8 Å². The van der Waals surface area contributed by atoms with Crippen molar-refractivity contribution < 1.29 is 31.4 Å². The highest BCUT2D eigenvalue weighted by molar-refractivity contribution is 7.89. The fourth-order valence-corrected chi connectivity index (χ4v) is 3.38. The standard InChI is InChI=1S/C16H17F2NO5S/c1-22-13-7-10(8-14(23-2)15(13)24-3)9-19-25(20,21)16-11(17)5-4-6-12(16)18/h4-8,19H,9H2,1-3H3. The first kappa shape index (κ1) is 18.9. The third-order valence-corrected chi connectivity index (χ3v) is 4.83. The quantitative estimate of drug-likeness (QED) is 0.807. The van der Waals surface area contributed by atoms with E-state index in [4.69, 9.17) is 14.2 Å². The van der Waals surface area contributed by atoms with E-state index in [2.05, 4.69) is 4.72 Å². The molecule has 2 aromatic rings. The summed E-state index contributed by atoms with van der Waals surface area (Å²) < 4.78 is 69.5. The van der Waals surface area contributed by atoms with Gasteiger partial charge in [-0.1, -0.05) is 6.07 Å². The number of hydrogen-bond donors (Lipinski definition) is 1. The van der Waals surface area contributed by atoms with Crippen LogP contribution in [0.15, 0.2) is 35.2 Å². The van der Waals surface area contributed by atoms with Crippen molar-refractivity contribution >= 4 is 10.0 Å². The van der Waals surface area contributed by atoms with E-state index in [-0.39, 0.29) is 6.54 Å². The molecule has 0 unspecified atom stereocenters. The van der Waals surface area contributed by atoms with Gasteiger partial charge in [-0.05, 0) is 29.8 Å². The van der Waals surface area contributed by atoms with Gasteiger partial charge in [-0.25, -0.2) is 21.9 Å². The van der Waals surface area contributed by atoms with E-state index >= 15 is 0 Å². The van der Waals surface area contributed by atoms with Crippen molar-refractivity contribution in [3.63, 3.8) is 0 Å². The SMILES string of the molecule is COc1cc(CNS(=O)(=O)c2c(F)cccc2F)cc(OC)c1OC. The normalized spacial score (nSPS) is 11.2. The number of sulfonamides is 1. The maximum absolute atomic E-state index is 13.7. The fourth-order valence-electron chi connectivity index (χ4n) is 2.23. The lowest BCUT2D eigenvalue weighted by Crippen LogP contribution is -2.25. The molecule has 25 heavy (non-hydrogen) atoms. The molecule has 0 atom stereocenters. The number of benzene rings is 2. The van der Waals surface area contributed by atoms with Gasteiger partial charge in [-0.2, -0.15) is 0 Å². The molecule has 0 bridgehead atoms. The lowest BCUT2D eigenvalue weighted by atomic mass is 10.2. The van der Waals surface area contributed by atoms with Crippen molar-refractivity contribution in [2.45, 2.75) is 11.4 Å². The van der Waals surface area contributed by atoms with Crippen LogP contribution in [0.1, 0.15) is 5.56 Å². The van der Waals surface area contributed by atoms with Gasteiger partial charge in [0, 0.05) is 6.54 Å². The van der Waals surface area contributed by atoms with Gasteiger partial charge in [0.1, 0.15) is 11.6 Å². The number of halogens is 2. The lowest BCUT2D eigenvalue weighted by Gasteiger charge is -2.14. The van der Waals surface area contributed by atoms with E-state index in [1.807, 2.05) is 0 Å². The van der Waals surface area contributed by atoms with E-state index in [9.17, 15) is 17.2 Å². The largest absolute Gasteiger partial charge is 0.493 e. The number of methoxy groups -OCH3 is 3. The van der Waals surface area contributed by atoms with Crippen molar-refractivity contribution in [1.29, 1.82) is 0 Å². The predicted octanol–water partition coefficient (Wildman–Crippen LogP) is 2.47. The van der Waals surface area contributed by atoms with E-state index in [0.29, 0.717) is 22.8 Å². The minimum atomic E-state index is -4.39. The molecule has 9 heteroatoms. The Kier molecular flexibility index (Phi) is 5.81. The Labute approximate surface area is 144 Å². The summed E-state index contributed by atoms with van der Waals surface area (Å²) in [6.45, 7) is -0.229. The average Bonchev–Trinajstić information content (AvgIpc) is 2.58. The van der Waals surface area contributed by atoms with Crippen LogP contribution in [0.4, 0.5) is 8.78 Å². The van der Waals surface area contributed by atoms with Gasteiger partial charge in [-0.3, -0.25) is 0 Å². The van der Waals surface area contributed by atoms with Crippen LogP contribution in [0.25, 0.3) is 0 Å². The Morgan fingerprint density at radius 1 is 0.960 bits per heavy atom. The van der Waals surface area contributed by atoms with Crippen LogP contribution in [0.5, 0.6) is 17.2 Å². The molecule has 0 saturated carbocycles. The summed E-state index contributed by atoms with van der Waals surface area (Å²) >= 11 is 0. The van der Waals surface area contributed by atoms with Crippen LogP contribution in [0, 0.1) is 11.6 Å². The molecule has 2 aromatic carbocycles. The molecule has 0 aliphatic rings. The molecule has 0 fully saturated rings. The van der Waals surface area contributed by atoms with Gasteiger partial charge in [0.05, 0.1) is 21.3 Å². The first-order chi connectivity index (χ1) is 11.8. The fraction of sp³-hybridized carbons (Fsp3) is 0.250. The Bertz CT molecular complexity index is 826. The van der Waals surface area contributed by atoms with Gasteiger partial charge in [0.25, 0.3) is 0 Å². The van der Waals surface area contributed by atoms with Crippen LogP contribution < -0.4 is 18.9 Å². The molecular formula is C16H17F2NO5S. The third-order valence-electron chi connectivity index (χ3n) is 3.38. The van der Waals surface area contributed by atoms with Crippen molar-refractivity contribution in [2.24, 2.45) is 0 Å². The summed E-state index contributed by atoms with van der Waals surface area (Å²) in [5.41, 5.74) is 0.454. The molecule has 0 amide bonds. The van der Waals surface area contributed by atoms with Crippen LogP contribution in [-0.4, -0.2) is 29.7 Å². The van der Waals surface area contributed by atoms with Gasteiger partial charge in [0.15, 0.2) is 16.4 Å². The first-order valence-corrected chi connectivity index (χ1v) is 8.55. The predicted molar refractivity (Wildman–Crippen MR) is 86.5 cm³/mol. The van der Waals surface area contributed by atoms with E-state index in [1.165, 1.54) is 33.5 Å². The highest BCUT2D eigenvalue weighted by atomic mass is 32.2. The Hall–Kier alpha value is -2.39. The maximum atomic E-state index is 13.7. The summed E-state index contributed by atoms with van der Waals surface area (Å²) in [4.78, 5) is -1.03. The summed E-state index contributed by atoms with van der Waals surface area (Å²) in [6.07, 6.45) is 0. The van der Waals surface area contributed by atoms with E-state index in [1.54, 1.807) is 0 Å². The van der Waals surface area contributed by atoms with Gasteiger partial charge < -0.3 is 14.2 Å². The molecule has 0 radical (unpaired) electrons. The summed E-state index contributed by atoms with van der Waals surface area (Å²) in [5.74, 6) is -1.34. The second kappa shape index (κ2) is 7.66. The second-order valence-corrected chi connectivity index (χ2v) is 6.61. The third kappa shape index (κ3) is 3.99. The topological polar surface area (TPSA) is 73.9 Å². The molecule has 0 heterocycles. The number of nitrogens with one attached hydrogen (secondary N) is 1. The molecule has 2 rings (SSSR count). The molecular weight excluding hydrogens is 356 g/mol. The van der Waals surface area contributed by atoms with E-state index in [0.717, 1.165) is 18.2 Å². The molecule has 0 spiro atoms. The van der Waals surface area contributed by atoms with Crippen LogP contribution >= 0.6 is 0 Å². The number of hydrogen-bond acceptors (Lipinski definition) is 5. The average molecular weight is 373 g/mol. The second-order valence-electron chi connectivity index (χ2n) is 4.91. The Morgan fingerprint density at radius 3 is 1.92 bits per heavy atom. The smallest absolute Gasteiger partial charge is 0.246 e. The van der Waals surface area contributed by atoms with Crippen LogP contribution in [-0.2, 0) is 16.6 Å². The molecule has 1 N–H and O–H groups in total. The number of rotatable bonds is 7. The van der Waals surface area contributed by atoms with Gasteiger partial charge >= 0.3 is 0 Å². The minimum absolute atomic E-state index is 0.229. The highest BCUT2D eigenvalue weighted by Crippen LogP contribution is 2.38. The maximum Gasteiger partial charge on any atom is 0.246 e. The molecule has 0 saturated heterocycles. The summed E-state index contributed by atoms with van der Waals surface area (Å²) in [7, 11) is -0.120. The first-order valence-electron chi connectivity index (χ1n) is 7.06. The van der Waals surface area contributed by atoms with Crippen molar-refractivity contribution in [1.82, 2.24) is 4.72 Å². The zero-order chi connectivity index (χ0) is 18.6. The Morgan fingerprint density at radius 2 is 1.48 bits per heavy atom. The molecule has 0 aromatic heterocycles. The highest BCUT2D eigenvalue weighted by Gasteiger charge is 2.24. The van der Waals surface area contributed by atoms with Crippen molar-refractivity contribution in [3.05, 3.63) is 47.5 Å². The molecule has 0 aliphatic heterocycles. The van der Waals surface area contributed by atoms with Gasteiger partial charge in [-0.15, -0.1) is 0 Å². The summed E-state index contributed by atoms with van der Waals surface area (Å²) in [6, 6.07) is 5.89. The van der Waals surface area contributed by atoms with Crippen LogP contribution in [0.2, 0.25) is 0 Å². The van der Waals surface area contributed by atoms with Crippen LogP contribution in [0.3, 0.4) is 0 Å². The summed E-state index contributed by atoms with van der Waals surface area (Å²) in [5, 5.41) is 0. The molecule has 6 nitrogen and oxygen atoms in total. The van der Waals surface area contributed by atoms with Crippen molar-refractivity contribution in [2.75, 3.05) is 21.3 Å². The number of ether oxygens (including phenoxy) is 3. The zero-order valence-corrected chi connectivity index (χ0v) is 14.6. The van der Waals surface area contributed by atoms with E-state index < -0.39 is 26.6 Å². The minimum Gasteiger partial charge on any atom is -0.493 e. The molecule has 0 aliphatic carbocycles. The Balaban J connectivity index is 2.32. The zero-order valence-electron chi connectivity index (χ0n) is 13.8. The molecule has 136 valence electrons. The monoisotopic (exact) mass is 373 g/mol. The van der Waals surface area contributed by atoms with Crippen molar-refractivity contribution in [3.8, 4) is 17.2 Å².